The molecule has 0 fully saturated rings. The van der Waals surface area contributed by atoms with E-state index in [1.807, 2.05) is 0 Å². The van der Waals surface area contributed by atoms with Gasteiger partial charge in [0.1, 0.15) is 13.2 Å². The molecule has 0 spiro atoms. The van der Waals surface area contributed by atoms with Gasteiger partial charge in [0.05, 0.1) is 0 Å². The second-order valence-corrected chi connectivity index (χ2v) is 23.4. The van der Waals surface area contributed by atoms with Crippen molar-refractivity contribution in [2.24, 2.45) is 0 Å². The fourth-order valence-electron chi connectivity index (χ4n) is 10.2. The Bertz CT molecular complexity index is 1530. The zero-order valence-electron chi connectivity index (χ0n) is 53.8. The molecule has 0 aromatic carbocycles. The van der Waals surface area contributed by atoms with Gasteiger partial charge in [0.2, 0.25) is 0 Å². The predicted molar refractivity (Wildman–Crippen MR) is 353 cm³/mol. The van der Waals surface area contributed by atoms with Crippen LogP contribution in [0, 0.1) is 0 Å². The van der Waals surface area contributed by atoms with Gasteiger partial charge in [-0.3, -0.25) is 14.4 Å². The molecule has 0 rings (SSSR count). The molecule has 0 saturated carbocycles. The molecule has 0 aromatic rings. The van der Waals surface area contributed by atoms with E-state index in [0.29, 0.717) is 19.3 Å². The monoisotopic (exact) mass is 1130 g/mol. The first-order valence-electron chi connectivity index (χ1n) is 35.1. The Kier molecular flexibility index (Phi) is 66.2. The first-order valence-corrected chi connectivity index (χ1v) is 35.1. The number of carbonyl (C=O) groups is 3. The van der Waals surface area contributed by atoms with E-state index in [4.69, 9.17) is 14.2 Å². The second kappa shape index (κ2) is 69.1. The Morgan fingerprint density at radius 3 is 0.753 bits per heavy atom. The van der Waals surface area contributed by atoms with Crippen LogP contribution in [0.25, 0.3) is 0 Å². The Labute approximate surface area is 503 Å². The molecule has 0 radical (unpaired) electrons. The third kappa shape index (κ3) is 67.3. The van der Waals surface area contributed by atoms with Crippen LogP contribution >= 0.6 is 0 Å². The van der Waals surface area contributed by atoms with Crippen LogP contribution in [0.4, 0.5) is 0 Å². The largest absolute Gasteiger partial charge is 0.462 e. The lowest BCUT2D eigenvalue weighted by Crippen LogP contribution is -2.30. The summed E-state index contributed by atoms with van der Waals surface area (Å²) >= 11 is 0. The van der Waals surface area contributed by atoms with E-state index in [0.717, 1.165) is 96.3 Å². The summed E-state index contributed by atoms with van der Waals surface area (Å²) in [5.41, 5.74) is 0. The van der Waals surface area contributed by atoms with Crippen molar-refractivity contribution in [1.29, 1.82) is 0 Å². The van der Waals surface area contributed by atoms with Crippen molar-refractivity contribution < 1.29 is 28.6 Å². The molecule has 0 N–H and O–H groups in total. The van der Waals surface area contributed by atoms with Gasteiger partial charge in [0, 0.05) is 19.3 Å². The highest BCUT2D eigenvalue weighted by Crippen LogP contribution is 2.18. The summed E-state index contributed by atoms with van der Waals surface area (Å²) in [7, 11) is 0. The summed E-state index contributed by atoms with van der Waals surface area (Å²) in [4.78, 5) is 38.2. The Balaban J connectivity index is 4.05. The molecule has 1 unspecified atom stereocenters. The fraction of sp³-hybridized carbons (Fsp3) is 0.773. The minimum atomic E-state index is -0.775. The van der Waals surface area contributed by atoms with Crippen LogP contribution in [0.2, 0.25) is 0 Å². The quantitative estimate of drug-likeness (QED) is 0.0261. The average molecular weight is 1130 g/mol. The van der Waals surface area contributed by atoms with Crippen molar-refractivity contribution >= 4 is 17.9 Å². The number of unbranched alkanes of at least 4 members (excludes halogenated alkanes) is 39. The number of hydrogen-bond donors (Lipinski definition) is 0. The molecule has 0 aliphatic heterocycles. The highest BCUT2D eigenvalue weighted by molar-refractivity contribution is 5.71. The molecule has 6 heteroatoms. The molecule has 0 aliphatic rings. The highest BCUT2D eigenvalue weighted by atomic mass is 16.6. The fourth-order valence-corrected chi connectivity index (χ4v) is 10.2. The molecule has 0 aliphatic carbocycles. The van der Waals surface area contributed by atoms with Crippen LogP contribution in [0.15, 0.2) is 85.1 Å². The van der Waals surface area contributed by atoms with Gasteiger partial charge >= 0.3 is 17.9 Å². The molecule has 0 saturated heterocycles. The van der Waals surface area contributed by atoms with Crippen molar-refractivity contribution in [2.45, 2.75) is 361 Å². The SMILES string of the molecule is CC/C=C\C/C=C\C/C=C\C/C=C\CCCCCCCCCCCCCCCCCCCCC(=O)OCC(COC(=O)CCCCCCCCC)OC(=O)CCCCCCCCCCCC/C=C\C/C=C\C/C=C\CCCCCCC. The smallest absolute Gasteiger partial charge is 0.306 e. The number of allylic oxidation sites excluding steroid dienone is 14. The zero-order valence-corrected chi connectivity index (χ0v) is 53.8. The van der Waals surface area contributed by atoms with E-state index in [1.165, 1.54) is 218 Å². The predicted octanol–water partition coefficient (Wildman–Crippen LogP) is 24.2. The van der Waals surface area contributed by atoms with Crippen molar-refractivity contribution in [3.05, 3.63) is 85.1 Å². The van der Waals surface area contributed by atoms with Crippen LogP contribution in [-0.2, 0) is 28.6 Å². The molecule has 0 heterocycles. The van der Waals surface area contributed by atoms with E-state index in [1.54, 1.807) is 0 Å². The molecule has 468 valence electrons. The lowest BCUT2D eigenvalue weighted by Gasteiger charge is -2.18. The third-order valence-corrected chi connectivity index (χ3v) is 15.4. The average Bonchev–Trinajstić information content (AvgIpc) is 3.46. The Hall–Kier alpha value is -3.41. The van der Waals surface area contributed by atoms with Gasteiger partial charge in [-0.2, -0.15) is 0 Å². The molecule has 0 aromatic heterocycles. The maximum Gasteiger partial charge on any atom is 0.306 e. The van der Waals surface area contributed by atoms with Crippen molar-refractivity contribution in [2.75, 3.05) is 13.2 Å². The van der Waals surface area contributed by atoms with Crippen LogP contribution < -0.4 is 0 Å². The standard InChI is InChI=1S/C75H132O6/c1-4-7-10-13-16-18-20-22-24-26-28-30-32-34-35-36-37-38-39-41-42-44-46-48-50-52-54-56-59-62-65-68-74(77)80-71-72(70-79-73(76)67-64-61-58-15-12-9-6-3)81-75(78)69-66-63-60-57-55-53-51-49-47-45-43-40-33-31-29-27-25-23-21-19-17-14-11-8-5-2/h7,10,16,18,21-24,27-30,33,40,72H,4-6,8-9,11-15,17,19-20,25-26,31-32,34-39,41-71H2,1-3H3/b10-7-,18-16-,23-21-,24-22-,29-27-,30-28-,40-33-. The number of hydrogen-bond acceptors (Lipinski definition) is 6. The Morgan fingerprint density at radius 2 is 0.481 bits per heavy atom. The summed E-state index contributed by atoms with van der Waals surface area (Å²) < 4.78 is 16.9. The molecular weight excluding hydrogens is 997 g/mol. The summed E-state index contributed by atoms with van der Waals surface area (Å²) in [5.74, 6) is -0.867. The Morgan fingerprint density at radius 1 is 0.259 bits per heavy atom. The molecule has 81 heavy (non-hydrogen) atoms. The lowest BCUT2D eigenvalue weighted by atomic mass is 10.0. The molecule has 0 amide bonds. The van der Waals surface area contributed by atoms with E-state index < -0.39 is 6.10 Å². The van der Waals surface area contributed by atoms with E-state index in [-0.39, 0.29) is 31.1 Å². The zero-order chi connectivity index (χ0) is 58.5. The summed E-state index contributed by atoms with van der Waals surface area (Å²) in [6.45, 7) is 6.51. The number of carbonyl (C=O) groups excluding carboxylic acids is 3. The number of rotatable bonds is 64. The van der Waals surface area contributed by atoms with Crippen molar-refractivity contribution in [3.63, 3.8) is 0 Å². The summed E-state index contributed by atoms with van der Waals surface area (Å²) in [6, 6.07) is 0. The van der Waals surface area contributed by atoms with Gasteiger partial charge in [0.15, 0.2) is 6.10 Å². The van der Waals surface area contributed by atoms with Crippen molar-refractivity contribution in [1.82, 2.24) is 0 Å². The number of esters is 3. The van der Waals surface area contributed by atoms with E-state index in [9.17, 15) is 14.4 Å². The maximum atomic E-state index is 12.9. The lowest BCUT2D eigenvalue weighted by molar-refractivity contribution is -0.167. The van der Waals surface area contributed by atoms with E-state index >= 15 is 0 Å². The molecule has 6 nitrogen and oxygen atoms in total. The molecule has 0 bridgehead atoms. The van der Waals surface area contributed by atoms with Gasteiger partial charge in [-0.1, -0.05) is 324 Å². The molecule has 1 atom stereocenters. The first-order chi connectivity index (χ1) is 40.0. The normalized spacial score (nSPS) is 12.6. The van der Waals surface area contributed by atoms with Gasteiger partial charge < -0.3 is 14.2 Å². The topological polar surface area (TPSA) is 78.9 Å². The van der Waals surface area contributed by atoms with Gasteiger partial charge in [0.25, 0.3) is 0 Å². The van der Waals surface area contributed by atoms with Crippen molar-refractivity contribution in [3.8, 4) is 0 Å². The third-order valence-electron chi connectivity index (χ3n) is 15.4. The second-order valence-electron chi connectivity index (χ2n) is 23.4. The van der Waals surface area contributed by atoms with Crippen LogP contribution in [0.1, 0.15) is 355 Å². The molecular formula is C75H132O6. The summed E-state index contributed by atoms with van der Waals surface area (Å²) in [6.07, 6.45) is 92.1. The van der Waals surface area contributed by atoms with Crippen LogP contribution in [0.5, 0.6) is 0 Å². The maximum absolute atomic E-state index is 12.9. The van der Waals surface area contributed by atoms with Gasteiger partial charge in [-0.15, -0.1) is 0 Å². The minimum Gasteiger partial charge on any atom is -0.462 e. The van der Waals surface area contributed by atoms with Crippen LogP contribution in [-0.4, -0.2) is 37.2 Å². The minimum absolute atomic E-state index is 0.0736. The van der Waals surface area contributed by atoms with Gasteiger partial charge in [-0.25, -0.2) is 0 Å². The number of ether oxygens (including phenoxy) is 3. The van der Waals surface area contributed by atoms with Crippen LogP contribution in [0.3, 0.4) is 0 Å². The summed E-state index contributed by atoms with van der Waals surface area (Å²) in [5, 5.41) is 0. The van der Waals surface area contributed by atoms with E-state index in [2.05, 4.69) is 106 Å². The first kappa shape index (κ1) is 77.6. The highest BCUT2D eigenvalue weighted by Gasteiger charge is 2.19. The van der Waals surface area contributed by atoms with Gasteiger partial charge in [-0.05, 0) is 96.3 Å².